The fourth-order valence-corrected chi connectivity index (χ4v) is 4.62. The molecule has 1 saturated carbocycles. The lowest BCUT2D eigenvalue weighted by molar-refractivity contribution is -0.136. The average molecular weight is 416 g/mol. The van der Waals surface area contributed by atoms with E-state index in [0.717, 1.165) is 61.1 Å². The fourth-order valence-electron chi connectivity index (χ4n) is 3.91. The number of nitrogens with one attached hydrogen (secondary N) is 1. The van der Waals surface area contributed by atoms with Crippen molar-refractivity contribution in [1.82, 2.24) is 9.55 Å². The number of aromatic nitrogens is 2. The number of thiazole rings is 1. The molecule has 2 N–H and O–H groups in total. The maximum atomic E-state index is 13.2. The van der Waals surface area contributed by atoms with Gasteiger partial charge in [0.2, 0.25) is 0 Å². The summed E-state index contributed by atoms with van der Waals surface area (Å²) >= 11 is 1.16. The van der Waals surface area contributed by atoms with Crippen molar-refractivity contribution in [3.05, 3.63) is 44.3 Å². The smallest absolute Gasteiger partial charge is 0.309 e. The molecule has 2 aliphatic carbocycles. The number of amides is 1. The van der Waals surface area contributed by atoms with Gasteiger partial charge in [0, 0.05) is 17.6 Å². The lowest BCUT2D eigenvalue weighted by Crippen LogP contribution is -2.33. The maximum Gasteiger partial charge on any atom is 0.309 e. The van der Waals surface area contributed by atoms with Gasteiger partial charge in [0.15, 0.2) is 5.13 Å². The minimum Gasteiger partial charge on any atom is -0.481 e. The Morgan fingerprint density at radius 1 is 1.21 bits per heavy atom. The van der Waals surface area contributed by atoms with Crippen LogP contribution in [0.5, 0.6) is 0 Å². The minimum atomic E-state index is -0.974. The summed E-state index contributed by atoms with van der Waals surface area (Å²) < 4.78 is 1.85. The van der Waals surface area contributed by atoms with Crippen LogP contribution in [0.4, 0.5) is 5.13 Å². The number of anilines is 1. The third-order valence-electron chi connectivity index (χ3n) is 5.59. The Labute approximate surface area is 172 Å². The molecule has 4 rings (SSSR count). The molecule has 0 saturated heterocycles. The number of carbonyl (C=O) groups excluding carboxylic acids is 1. The van der Waals surface area contributed by atoms with E-state index < -0.39 is 11.9 Å². The molecule has 1 amide bonds. The lowest BCUT2D eigenvalue weighted by atomic mass is 9.95. The Bertz CT molecular complexity index is 990. The number of nitrogens with zero attached hydrogens (tertiary/aromatic N) is 2. The van der Waals surface area contributed by atoms with Gasteiger partial charge in [-0.2, -0.15) is 0 Å². The van der Waals surface area contributed by atoms with Crippen molar-refractivity contribution >= 4 is 28.3 Å². The van der Waals surface area contributed by atoms with E-state index in [2.05, 4.69) is 10.3 Å². The van der Waals surface area contributed by atoms with E-state index in [1.807, 2.05) is 4.57 Å². The van der Waals surface area contributed by atoms with Gasteiger partial charge in [0.25, 0.3) is 11.5 Å². The first-order valence-corrected chi connectivity index (χ1v) is 11.1. The van der Waals surface area contributed by atoms with Crippen molar-refractivity contribution in [3.63, 3.8) is 0 Å². The molecule has 29 heavy (non-hydrogen) atoms. The molecule has 0 radical (unpaired) electrons. The van der Waals surface area contributed by atoms with E-state index >= 15 is 0 Å². The van der Waals surface area contributed by atoms with Crippen molar-refractivity contribution in [1.29, 1.82) is 0 Å². The average Bonchev–Trinajstić information content (AvgIpc) is 3.37. The molecule has 0 unspecified atom stereocenters. The SMILES string of the molecule is O=C(O)Cc1csc(NC(=O)c2cc3c(n(CC4CC4)c2=O)CCCCCC3)n1. The molecule has 1 fully saturated rings. The van der Waals surface area contributed by atoms with Crippen LogP contribution in [0, 0.1) is 5.92 Å². The van der Waals surface area contributed by atoms with Crippen molar-refractivity contribution < 1.29 is 14.7 Å². The fraction of sp³-hybridized carbons (Fsp3) is 0.524. The first-order valence-electron chi connectivity index (χ1n) is 10.2. The minimum absolute atomic E-state index is 0.153. The van der Waals surface area contributed by atoms with Gasteiger partial charge in [0.05, 0.1) is 12.1 Å². The zero-order chi connectivity index (χ0) is 20.4. The van der Waals surface area contributed by atoms with E-state index in [0.29, 0.717) is 23.3 Å². The molecule has 154 valence electrons. The molecule has 2 aliphatic rings. The molecule has 0 aliphatic heterocycles. The number of aliphatic carboxylic acids is 1. The summed E-state index contributed by atoms with van der Waals surface area (Å²) in [5, 5.41) is 13.5. The molecule has 0 atom stereocenters. The second-order valence-corrected chi connectivity index (χ2v) is 8.83. The van der Waals surface area contributed by atoms with Gasteiger partial charge >= 0.3 is 5.97 Å². The van der Waals surface area contributed by atoms with Crippen molar-refractivity contribution in [2.24, 2.45) is 5.92 Å². The summed E-state index contributed by atoms with van der Waals surface area (Å²) in [6, 6.07) is 1.77. The highest BCUT2D eigenvalue weighted by atomic mass is 32.1. The van der Waals surface area contributed by atoms with Crippen LogP contribution in [-0.4, -0.2) is 26.5 Å². The topological polar surface area (TPSA) is 101 Å². The summed E-state index contributed by atoms with van der Waals surface area (Å²) in [5.74, 6) is -0.906. The molecule has 0 bridgehead atoms. The maximum absolute atomic E-state index is 13.2. The molecule has 8 heteroatoms. The highest BCUT2D eigenvalue weighted by Gasteiger charge is 2.27. The summed E-state index contributed by atoms with van der Waals surface area (Å²) in [5.41, 5.74) is 2.54. The number of aryl methyl sites for hydroxylation is 1. The molecule has 0 aromatic carbocycles. The van der Waals surface area contributed by atoms with Crippen LogP contribution in [0.3, 0.4) is 0 Å². The summed E-state index contributed by atoms with van der Waals surface area (Å²) in [4.78, 5) is 41.0. The summed E-state index contributed by atoms with van der Waals surface area (Å²) in [6.07, 6.45) is 8.38. The van der Waals surface area contributed by atoms with Crippen LogP contribution >= 0.6 is 11.3 Å². The van der Waals surface area contributed by atoms with Gasteiger partial charge in [-0.05, 0) is 56.1 Å². The number of hydrogen-bond donors (Lipinski definition) is 2. The lowest BCUT2D eigenvalue weighted by Gasteiger charge is -2.21. The third kappa shape index (κ3) is 4.75. The van der Waals surface area contributed by atoms with Gasteiger partial charge in [-0.1, -0.05) is 12.8 Å². The second-order valence-electron chi connectivity index (χ2n) is 7.97. The second kappa shape index (κ2) is 8.49. The third-order valence-corrected chi connectivity index (χ3v) is 6.39. The van der Waals surface area contributed by atoms with Crippen molar-refractivity contribution in [2.75, 3.05) is 5.32 Å². The highest BCUT2D eigenvalue weighted by molar-refractivity contribution is 7.14. The predicted octanol–water partition coefficient (Wildman–Crippen LogP) is 3.25. The number of carboxylic acid groups (broad SMARTS) is 1. The number of carboxylic acids is 1. The number of pyridine rings is 1. The summed E-state index contributed by atoms with van der Waals surface area (Å²) in [7, 11) is 0. The monoisotopic (exact) mass is 415 g/mol. The standard InChI is InChI=1S/C21H25N3O4S/c25-18(26)10-15-12-29-21(22-15)23-19(27)16-9-14-5-3-1-2-4-6-17(14)24(20(16)28)11-13-7-8-13/h9,12-13H,1-8,10-11H2,(H,25,26)(H,22,23,27). The normalized spacial score (nSPS) is 16.6. The Morgan fingerprint density at radius 2 is 1.97 bits per heavy atom. The molecule has 2 aromatic heterocycles. The Morgan fingerprint density at radius 3 is 2.69 bits per heavy atom. The predicted molar refractivity (Wildman–Crippen MR) is 111 cm³/mol. The first kappa shape index (κ1) is 19.8. The number of carbonyl (C=O) groups is 2. The largest absolute Gasteiger partial charge is 0.481 e. The van der Waals surface area contributed by atoms with E-state index in [-0.39, 0.29) is 17.5 Å². The molecule has 2 heterocycles. The number of rotatable bonds is 6. The molecule has 2 aromatic rings. The molecule has 7 nitrogen and oxygen atoms in total. The zero-order valence-corrected chi connectivity index (χ0v) is 17.1. The van der Waals surface area contributed by atoms with Gasteiger partial charge in [0.1, 0.15) is 5.56 Å². The molecular formula is C21H25N3O4S. The molecular weight excluding hydrogens is 390 g/mol. The first-order chi connectivity index (χ1) is 14.0. The van der Waals surface area contributed by atoms with Crippen LogP contribution < -0.4 is 10.9 Å². The van der Waals surface area contributed by atoms with E-state index in [1.54, 1.807) is 11.4 Å². The quantitative estimate of drug-likeness (QED) is 0.754. The molecule has 0 spiro atoms. The Kier molecular flexibility index (Phi) is 5.80. The van der Waals surface area contributed by atoms with E-state index in [9.17, 15) is 14.4 Å². The summed E-state index contributed by atoms with van der Waals surface area (Å²) in [6.45, 7) is 0.697. The van der Waals surface area contributed by atoms with Crippen molar-refractivity contribution in [3.8, 4) is 0 Å². The van der Waals surface area contributed by atoms with Crippen LogP contribution in [0.1, 0.15) is 65.8 Å². The van der Waals surface area contributed by atoms with Gasteiger partial charge in [-0.15, -0.1) is 11.3 Å². The van der Waals surface area contributed by atoms with Crippen LogP contribution in [0.2, 0.25) is 0 Å². The van der Waals surface area contributed by atoms with Gasteiger partial charge in [-0.3, -0.25) is 19.7 Å². The number of hydrogen-bond acceptors (Lipinski definition) is 5. The van der Waals surface area contributed by atoms with Crippen LogP contribution in [0.25, 0.3) is 0 Å². The Hall–Kier alpha value is -2.48. The van der Waals surface area contributed by atoms with Gasteiger partial charge in [-0.25, -0.2) is 4.98 Å². The number of fused-ring (bicyclic) bond motifs is 1. The van der Waals surface area contributed by atoms with Crippen LogP contribution in [0.15, 0.2) is 16.2 Å². The van der Waals surface area contributed by atoms with Crippen LogP contribution in [-0.2, 0) is 30.6 Å². The zero-order valence-electron chi connectivity index (χ0n) is 16.3. The van der Waals surface area contributed by atoms with E-state index in [1.165, 1.54) is 12.8 Å². The Balaban J connectivity index is 1.64. The van der Waals surface area contributed by atoms with E-state index in [4.69, 9.17) is 5.11 Å². The van der Waals surface area contributed by atoms with Gasteiger partial charge < -0.3 is 9.67 Å². The highest BCUT2D eigenvalue weighted by Crippen LogP contribution is 2.31. The van der Waals surface area contributed by atoms with Crippen molar-refractivity contribution in [2.45, 2.75) is 64.3 Å².